The quantitative estimate of drug-likeness (QED) is 0.763. The second kappa shape index (κ2) is 7.72. The molecule has 0 fully saturated rings. The van der Waals surface area contributed by atoms with Crippen LogP contribution in [0.25, 0.3) is 0 Å². The Balaban J connectivity index is 0.00000200. The summed E-state index contributed by atoms with van der Waals surface area (Å²) in [5.74, 6) is 0.0849. The molecule has 5 nitrogen and oxygen atoms in total. The smallest absolute Gasteiger partial charge is 0.123 e. The van der Waals surface area contributed by atoms with Gasteiger partial charge in [0.25, 0.3) is 0 Å². The summed E-state index contributed by atoms with van der Waals surface area (Å²) in [4.78, 5) is 0. The van der Waals surface area contributed by atoms with E-state index in [0.29, 0.717) is 18.7 Å². The molecule has 20 heavy (non-hydrogen) atoms. The van der Waals surface area contributed by atoms with Crippen LogP contribution in [-0.2, 0) is 19.6 Å². The minimum absolute atomic E-state index is 0. The van der Waals surface area contributed by atoms with Gasteiger partial charge in [-0.25, -0.2) is 4.39 Å². The highest BCUT2D eigenvalue weighted by Gasteiger charge is 2.03. The molecule has 0 bridgehead atoms. The van der Waals surface area contributed by atoms with Gasteiger partial charge in [0.1, 0.15) is 18.2 Å². The number of aromatic nitrogens is 2. The molecule has 0 aliphatic rings. The molecule has 0 saturated carbocycles. The monoisotopic (exact) mass is 301 g/mol. The molecule has 1 aromatic carbocycles. The molecule has 1 heterocycles. The minimum Gasteiger partial charge on any atom is -0.508 e. The van der Waals surface area contributed by atoms with Crippen LogP contribution in [-0.4, -0.2) is 26.7 Å². The molecule has 0 aliphatic heterocycles. The Morgan fingerprint density at radius 2 is 2.00 bits per heavy atom. The van der Waals surface area contributed by atoms with Gasteiger partial charge in [0, 0.05) is 30.9 Å². The summed E-state index contributed by atoms with van der Waals surface area (Å²) in [7, 11) is 0. The van der Waals surface area contributed by atoms with Gasteiger partial charge in [0.2, 0.25) is 0 Å². The van der Waals surface area contributed by atoms with Crippen molar-refractivity contribution in [3.8, 4) is 11.5 Å². The molecule has 0 saturated heterocycles. The number of phenols is 2. The zero-order valence-electron chi connectivity index (χ0n) is 10.8. The van der Waals surface area contributed by atoms with Crippen molar-refractivity contribution in [1.29, 1.82) is 0 Å². The van der Waals surface area contributed by atoms with Gasteiger partial charge in [-0.2, -0.15) is 5.10 Å². The van der Waals surface area contributed by atoms with Crippen molar-refractivity contribution in [3.05, 3.63) is 41.7 Å². The fraction of sp³-hybridized carbons (Fsp3) is 0.308. The summed E-state index contributed by atoms with van der Waals surface area (Å²) in [5, 5.41) is 26.1. The zero-order valence-corrected chi connectivity index (χ0v) is 11.6. The SMILES string of the molecule is Cl.Oc1ccc(CNCc2ccn(CCF)n2)c(O)c1. The molecule has 0 atom stereocenters. The van der Waals surface area contributed by atoms with Gasteiger partial charge < -0.3 is 15.5 Å². The molecule has 2 rings (SSSR count). The third kappa shape index (κ3) is 4.40. The van der Waals surface area contributed by atoms with E-state index in [1.54, 1.807) is 16.9 Å². The van der Waals surface area contributed by atoms with E-state index in [4.69, 9.17) is 0 Å². The average molecular weight is 302 g/mol. The second-order valence-corrected chi connectivity index (χ2v) is 4.18. The van der Waals surface area contributed by atoms with E-state index in [2.05, 4.69) is 10.4 Å². The summed E-state index contributed by atoms with van der Waals surface area (Å²) in [6, 6.07) is 6.29. The second-order valence-electron chi connectivity index (χ2n) is 4.18. The molecule has 0 radical (unpaired) electrons. The van der Waals surface area contributed by atoms with Gasteiger partial charge in [-0.05, 0) is 12.1 Å². The van der Waals surface area contributed by atoms with E-state index in [1.807, 2.05) is 6.07 Å². The molecular formula is C13H17ClFN3O2. The largest absolute Gasteiger partial charge is 0.508 e. The Morgan fingerprint density at radius 3 is 2.70 bits per heavy atom. The number of hydrogen-bond acceptors (Lipinski definition) is 4. The van der Waals surface area contributed by atoms with Gasteiger partial charge in [-0.1, -0.05) is 6.07 Å². The number of halogens is 2. The molecular weight excluding hydrogens is 285 g/mol. The van der Waals surface area contributed by atoms with Crippen LogP contribution >= 0.6 is 12.4 Å². The Bertz CT molecular complexity index is 548. The van der Waals surface area contributed by atoms with Crippen LogP contribution in [0.1, 0.15) is 11.3 Å². The lowest BCUT2D eigenvalue weighted by atomic mass is 10.2. The number of nitrogens with one attached hydrogen (secondary N) is 1. The fourth-order valence-electron chi connectivity index (χ4n) is 1.74. The number of alkyl halides is 1. The minimum atomic E-state index is -0.435. The highest BCUT2D eigenvalue weighted by Crippen LogP contribution is 2.22. The summed E-state index contributed by atoms with van der Waals surface area (Å²) in [6.45, 7) is 0.816. The van der Waals surface area contributed by atoms with Crippen molar-refractivity contribution in [2.75, 3.05) is 6.67 Å². The first-order chi connectivity index (χ1) is 9.19. The molecule has 0 spiro atoms. The maximum atomic E-state index is 12.1. The van der Waals surface area contributed by atoms with Crippen molar-refractivity contribution in [2.24, 2.45) is 0 Å². The highest BCUT2D eigenvalue weighted by atomic mass is 35.5. The summed E-state index contributed by atoms with van der Waals surface area (Å²) in [5.41, 5.74) is 1.51. The number of benzene rings is 1. The lowest BCUT2D eigenvalue weighted by Crippen LogP contribution is -2.13. The van der Waals surface area contributed by atoms with Crippen LogP contribution in [0.15, 0.2) is 30.5 Å². The van der Waals surface area contributed by atoms with Gasteiger partial charge in [0.05, 0.1) is 12.2 Å². The Labute approximate surface area is 122 Å². The number of phenolic OH excluding ortho intramolecular Hbond substituents is 2. The Hall–Kier alpha value is -1.79. The number of aryl methyl sites for hydroxylation is 1. The molecule has 110 valence electrons. The standard InChI is InChI=1S/C13H16FN3O2.ClH/c14-4-6-17-5-3-11(16-17)9-15-8-10-1-2-12(18)7-13(10)19;/h1-3,5,7,15,18-19H,4,6,8-9H2;1H. The number of nitrogens with zero attached hydrogens (tertiary/aromatic N) is 2. The lowest BCUT2D eigenvalue weighted by Gasteiger charge is -2.06. The maximum Gasteiger partial charge on any atom is 0.123 e. The van der Waals surface area contributed by atoms with Gasteiger partial charge in [-0.3, -0.25) is 4.68 Å². The van der Waals surface area contributed by atoms with Gasteiger partial charge in [0.15, 0.2) is 0 Å². The Morgan fingerprint density at radius 1 is 1.20 bits per heavy atom. The van der Waals surface area contributed by atoms with E-state index in [9.17, 15) is 14.6 Å². The summed E-state index contributed by atoms with van der Waals surface area (Å²) >= 11 is 0. The highest BCUT2D eigenvalue weighted by molar-refractivity contribution is 5.85. The van der Waals surface area contributed by atoms with Crippen LogP contribution in [0, 0.1) is 0 Å². The first-order valence-electron chi connectivity index (χ1n) is 5.99. The van der Waals surface area contributed by atoms with Gasteiger partial charge in [-0.15, -0.1) is 12.4 Å². The maximum absolute atomic E-state index is 12.1. The zero-order chi connectivity index (χ0) is 13.7. The normalized spacial score (nSPS) is 10.2. The van der Waals surface area contributed by atoms with Crippen LogP contribution in [0.4, 0.5) is 4.39 Å². The van der Waals surface area contributed by atoms with Crippen LogP contribution in [0.5, 0.6) is 11.5 Å². The topological polar surface area (TPSA) is 70.3 Å². The lowest BCUT2D eigenvalue weighted by molar-refractivity contribution is 0.424. The van der Waals surface area contributed by atoms with Crippen LogP contribution in [0.2, 0.25) is 0 Å². The van der Waals surface area contributed by atoms with Crippen molar-refractivity contribution in [3.63, 3.8) is 0 Å². The molecule has 3 N–H and O–H groups in total. The molecule has 1 aromatic heterocycles. The predicted molar refractivity (Wildman–Crippen MR) is 75.8 cm³/mol. The van der Waals surface area contributed by atoms with Crippen molar-refractivity contribution >= 4 is 12.4 Å². The summed E-state index contributed by atoms with van der Waals surface area (Å²) in [6.07, 6.45) is 1.73. The third-order valence-corrected chi connectivity index (χ3v) is 2.70. The fourth-order valence-corrected chi connectivity index (χ4v) is 1.74. The van der Waals surface area contributed by atoms with Crippen molar-refractivity contribution < 1.29 is 14.6 Å². The van der Waals surface area contributed by atoms with E-state index < -0.39 is 6.67 Å². The number of rotatable bonds is 6. The van der Waals surface area contributed by atoms with Crippen LogP contribution < -0.4 is 5.32 Å². The van der Waals surface area contributed by atoms with E-state index >= 15 is 0 Å². The molecule has 0 unspecified atom stereocenters. The number of aromatic hydroxyl groups is 2. The summed E-state index contributed by atoms with van der Waals surface area (Å²) < 4.78 is 13.7. The van der Waals surface area contributed by atoms with Crippen LogP contribution in [0.3, 0.4) is 0 Å². The molecule has 0 aliphatic carbocycles. The van der Waals surface area contributed by atoms with E-state index in [0.717, 1.165) is 5.69 Å². The number of hydrogen-bond donors (Lipinski definition) is 3. The molecule has 7 heteroatoms. The first kappa shape index (κ1) is 16.3. The molecule has 2 aromatic rings. The Kier molecular flexibility index (Phi) is 6.27. The predicted octanol–water partition coefficient (Wildman–Crippen LogP) is 1.98. The first-order valence-corrected chi connectivity index (χ1v) is 5.99. The van der Waals surface area contributed by atoms with Crippen molar-refractivity contribution in [2.45, 2.75) is 19.6 Å². The van der Waals surface area contributed by atoms with E-state index in [-0.39, 0.29) is 30.5 Å². The average Bonchev–Trinajstić information content (AvgIpc) is 2.80. The van der Waals surface area contributed by atoms with Crippen molar-refractivity contribution in [1.82, 2.24) is 15.1 Å². The van der Waals surface area contributed by atoms with E-state index in [1.165, 1.54) is 12.1 Å². The molecule has 0 amide bonds. The third-order valence-electron chi connectivity index (χ3n) is 2.70. The van der Waals surface area contributed by atoms with Gasteiger partial charge >= 0.3 is 0 Å².